The molecule has 2 unspecified atom stereocenters. The first-order chi connectivity index (χ1) is 16.1. The molecule has 2 atom stereocenters. The third-order valence-electron chi connectivity index (χ3n) is 6.99. The van der Waals surface area contributed by atoms with Gasteiger partial charge >= 0.3 is 0 Å². The molecule has 0 radical (unpaired) electrons. The van der Waals surface area contributed by atoms with E-state index in [2.05, 4.69) is 22.0 Å². The summed E-state index contributed by atoms with van der Waals surface area (Å²) >= 11 is 0. The summed E-state index contributed by atoms with van der Waals surface area (Å²) in [6, 6.07) is 13.8. The Hall–Kier alpha value is -3.62. The van der Waals surface area contributed by atoms with Crippen molar-refractivity contribution in [3.63, 3.8) is 0 Å². The molecular weight excluding hydrogens is 418 g/mol. The monoisotopic (exact) mass is 443 g/mol. The molecule has 0 spiro atoms. The van der Waals surface area contributed by atoms with Gasteiger partial charge in [0.05, 0.1) is 29.9 Å². The van der Waals surface area contributed by atoms with Crippen molar-refractivity contribution >= 4 is 11.7 Å². The lowest BCUT2D eigenvalue weighted by Gasteiger charge is -2.41. The van der Waals surface area contributed by atoms with Crippen molar-refractivity contribution in [2.45, 2.75) is 43.4 Å². The van der Waals surface area contributed by atoms with Crippen LogP contribution in [0.5, 0.6) is 5.75 Å². The normalized spacial score (nSPS) is 22.4. The van der Waals surface area contributed by atoms with Crippen LogP contribution >= 0.6 is 0 Å². The quantitative estimate of drug-likeness (QED) is 0.676. The van der Waals surface area contributed by atoms with Gasteiger partial charge in [-0.15, -0.1) is 0 Å². The Morgan fingerprint density at radius 3 is 2.48 bits per heavy atom. The Morgan fingerprint density at radius 2 is 1.91 bits per heavy atom. The summed E-state index contributed by atoms with van der Waals surface area (Å²) < 4.78 is 11.5. The van der Waals surface area contributed by atoms with Crippen LogP contribution in [0, 0.1) is 22.7 Å². The maximum Gasteiger partial charge on any atom is 0.248 e. The summed E-state index contributed by atoms with van der Waals surface area (Å²) in [6.07, 6.45) is 5.19. The number of fused-ring (bicyclic) bond motifs is 2. The minimum atomic E-state index is -0.581. The van der Waals surface area contributed by atoms with E-state index in [1.54, 1.807) is 31.5 Å². The molecule has 1 aromatic carbocycles. The zero-order valence-electron chi connectivity index (χ0n) is 18.5. The van der Waals surface area contributed by atoms with Gasteiger partial charge in [0.2, 0.25) is 5.91 Å². The van der Waals surface area contributed by atoms with E-state index in [4.69, 9.17) is 14.7 Å². The molecule has 3 heterocycles. The average Bonchev–Trinajstić information content (AvgIpc) is 3.61. The highest BCUT2D eigenvalue weighted by atomic mass is 16.5. The molecule has 2 aromatic rings. The van der Waals surface area contributed by atoms with E-state index in [0.717, 1.165) is 37.1 Å². The van der Waals surface area contributed by atoms with Crippen LogP contribution in [0.1, 0.15) is 42.4 Å². The number of piperazine rings is 1. The van der Waals surface area contributed by atoms with Crippen molar-refractivity contribution in [1.29, 1.82) is 10.5 Å². The fraction of sp³-hybridized carbons (Fsp3) is 0.440. The molecule has 1 saturated carbocycles. The molecular formula is C25H25N5O3. The largest absolute Gasteiger partial charge is 0.497 e. The Morgan fingerprint density at radius 1 is 1.15 bits per heavy atom. The number of hydrogen-bond donors (Lipinski definition) is 0. The second-order valence-corrected chi connectivity index (χ2v) is 8.91. The second kappa shape index (κ2) is 8.38. The third-order valence-corrected chi connectivity index (χ3v) is 6.99. The standard InChI is InChI=1S/C25H25N5O3/c1-32-21-6-3-18(12-27)22(10-21)25(8-9-25)33-16-24(31)29-14-19-4-5-20(15-29)30(19)23-7-2-17(11-26)13-28-23/h2-3,6-7,10,13,19-20H,4-5,8-9,14-16H2,1H3. The number of carbonyl (C=O) groups excluding carboxylic acids is 1. The molecule has 5 rings (SSSR count). The van der Waals surface area contributed by atoms with Gasteiger partial charge in [-0.25, -0.2) is 4.98 Å². The number of methoxy groups -OCH3 is 1. The lowest BCUT2D eigenvalue weighted by Crippen LogP contribution is -2.56. The number of aromatic nitrogens is 1. The predicted molar refractivity (Wildman–Crippen MR) is 119 cm³/mol. The van der Waals surface area contributed by atoms with Crippen molar-refractivity contribution in [2.24, 2.45) is 0 Å². The summed E-state index contributed by atoms with van der Waals surface area (Å²) in [4.78, 5) is 21.7. The molecule has 2 saturated heterocycles. The van der Waals surface area contributed by atoms with Crippen LogP contribution in [0.2, 0.25) is 0 Å². The van der Waals surface area contributed by atoms with Crippen molar-refractivity contribution in [3.8, 4) is 17.9 Å². The van der Waals surface area contributed by atoms with Crippen LogP contribution in [0.3, 0.4) is 0 Å². The highest BCUT2D eigenvalue weighted by Crippen LogP contribution is 2.51. The number of anilines is 1. The van der Waals surface area contributed by atoms with Gasteiger partial charge in [0.15, 0.2) is 0 Å². The van der Waals surface area contributed by atoms with E-state index in [-0.39, 0.29) is 24.6 Å². The van der Waals surface area contributed by atoms with Crippen molar-refractivity contribution < 1.29 is 14.3 Å². The first-order valence-corrected chi connectivity index (χ1v) is 11.2. The summed E-state index contributed by atoms with van der Waals surface area (Å²) in [5.41, 5.74) is 1.32. The Kier molecular flexibility index (Phi) is 5.39. The lowest BCUT2D eigenvalue weighted by molar-refractivity contribution is -0.140. The molecule has 0 N–H and O–H groups in total. The minimum absolute atomic E-state index is 0.00334. The molecule has 1 aliphatic carbocycles. The van der Waals surface area contributed by atoms with E-state index in [1.807, 2.05) is 17.0 Å². The van der Waals surface area contributed by atoms with Crippen molar-refractivity contribution in [1.82, 2.24) is 9.88 Å². The lowest BCUT2D eigenvalue weighted by atomic mass is 10.0. The van der Waals surface area contributed by atoms with E-state index in [9.17, 15) is 10.1 Å². The topological polar surface area (TPSA) is 102 Å². The highest BCUT2D eigenvalue weighted by molar-refractivity contribution is 5.78. The molecule has 3 aliphatic rings. The van der Waals surface area contributed by atoms with Crippen LogP contribution in [-0.4, -0.2) is 54.7 Å². The number of pyridine rings is 1. The number of nitrogens with zero attached hydrogens (tertiary/aromatic N) is 5. The van der Waals surface area contributed by atoms with Gasteiger partial charge in [-0.2, -0.15) is 10.5 Å². The second-order valence-electron chi connectivity index (χ2n) is 8.91. The Bertz CT molecular complexity index is 1130. The summed E-state index contributed by atoms with van der Waals surface area (Å²) in [5.74, 6) is 1.52. The van der Waals surface area contributed by atoms with Gasteiger partial charge in [-0.1, -0.05) is 0 Å². The van der Waals surface area contributed by atoms with Gasteiger partial charge in [-0.3, -0.25) is 4.79 Å². The number of nitriles is 2. The van der Waals surface area contributed by atoms with E-state index in [0.29, 0.717) is 30.0 Å². The van der Waals surface area contributed by atoms with Crippen LogP contribution < -0.4 is 9.64 Å². The van der Waals surface area contributed by atoms with Crippen LogP contribution in [0.25, 0.3) is 0 Å². The van der Waals surface area contributed by atoms with Crippen LogP contribution in [0.15, 0.2) is 36.5 Å². The maximum absolute atomic E-state index is 13.1. The SMILES string of the molecule is COc1ccc(C#N)c(C2(OCC(=O)N3CC4CCC(C3)N4c3ccc(C#N)cn3)CC2)c1. The molecule has 8 heteroatoms. The molecule has 2 bridgehead atoms. The fourth-order valence-corrected chi connectivity index (χ4v) is 5.11. The maximum atomic E-state index is 13.1. The highest BCUT2D eigenvalue weighted by Gasteiger charge is 2.49. The number of ether oxygens (including phenoxy) is 2. The van der Waals surface area contributed by atoms with Crippen LogP contribution in [-0.2, 0) is 15.1 Å². The Labute approximate surface area is 192 Å². The fourth-order valence-electron chi connectivity index (χ4n) is 5.11. The summed E-state index contributed by atoms with van der Waals surface area (Å²) in [5, 5.41) is 18.5. The van der Waals surface area contributed by atoms with Crippen molar-refractivity contribution in [2.75, 3.05) is 31.7 Å². The molecule has 168 valence electrons. The van der Waals surface area contributed by atoms with E-state index >= 15 is 0 Å². The number of likely N-dealkylation sites (tertiary alicyclic amines) is 1. The zero-order chi connectivity index (χ0) is 23.0. The minimum Gasteiger partial charge on any atom is -0.497 e. The average molecular weight is 444 g/mol. The third kappa shape index (κ3) is 3.88. The van der Waals surface area contributed by atoms with E-state index in [1.165, 1.54) is 0 Å². The Balaban J connectivity index is 1.24. The first kappa shape index (κ1) is 21.2. The van der Waals surface area contributed by atoms with Gasteiger partial charge in [0, 0.05) is 36.9 Å². The smallest absolute Gasteiger partial charge is 0.248 e. The molecule has 3 fully saturated rings. The summed E-state index contributed by atoms with van der Waals surface area (Å²) in [6.45, 7) is 1.27. The van der Waals surface area contributed by atoms with Crippen molar-refractivity contribution in [3.05, 3.63) is 53.2 Å². The van der Waals surface area contributed by atoms with Gasteiger partial charge in [-0.05, 0) is 56.0 Å². The predicted octanol–water partition coefficient (Wildman–Crippen LogP) is 2.72. The van der Waals surface area contributed by atoms with E-state index < -0.39 is 5.60 Å². The number of carbonyl (C=O) groups is 1. The molecule has 1 amide bonds. The summed E-state index contributed by atoms with van der Waals surface area (Å²) in [7, 11) is 1.59. The number of hydrogen-bond acceptors (Lipinski definition) is 7. The zero-order valence-corrected chi connectivity index (χ0v) is 18.5. The molecule has 1 aromatic heterocycles. The first-order valence-electron chi connectivity index (χ1n) is 11.2. The van der Waals surface area contributed by atoms with Crippen LogP contribution in [0.4, 0.5) is 5.82 Å². The number of rotatable bonds is 6. The van der Waals surface area contributed by atoms with Gasteiger partial charge in [0.25, 0.3) is 0 Å². The molecule has 2 aliphatic heterocycles. The number of benzene rings is 1. The van der Waals surface area contributed by atoms with Gasteiger partial charge in [0.1, 0.15) is 24.2 Å². The number of amides is 1. The molecule has 8 nitrogen and oxygen atoms in total. The molecule has 33 heavy (non-hydrogen) atoms. The van der Waals surface area contributed by atoms with Gasteiger partial charge < -0.3 is 19.3 Å².